The molecule has 1 aliphatic heterocycles. The Morgan fingerprint density at radius 3 is 2.56 bits per heavy atom. The van der Waals surface area contributed by atoms with Crippen LogP contribution >= 0.6 is 0 Å². The molecule has 0 aromatic heterocycles. The van der Waals surface area contributed by atoms with Crippen LogP contribution in [0.4, 0.5) is 0 Å². The summed E-state index contributed by atoms with van der Waals surface area (Å²) in [5.74, 6) is -2.33. The molecule has 1 rings (SSSR count). The largest absolute Gasteiger partial charge is 0.481 e. The van der Waals surface area contributed by atoms with Crippen LogP contribution < -0.4 is 5.73 Å². The maximum atomic E-state index is 11.9. The maximum absolute atomic E-state index is 11.9. The minimum absolute atomic E-state index is 0.0638. The van der Waals surface area contributed by atoms with E-state index < -0.39 is 29.3 Å². The maximum Gasteiger partial charge on any atom is 0.332 e. The van der Waals surface area contributed by atoms with E-state index >= 15 is 0 Å². The van der Waals surface area contributed by atoms with Gasteiger partial charge in [-0.15, -0.1) is 0 Å². The van der Waals surface area contributed by atoms with Gasteiger partial charge < -0.3 is 20.5 Å². The highest BCUT2D eigenvalue weighted by atomic mass is 16.5. The summed E-state index contributed by atoms with van der Waals surface area (Å²) in [6.07, 6.45) is 0.351. The Morgan fingerprint density at radius 2 is 2.11 bits per heavy atom. The predicted molar refractivity (Wildman–Crippen MR) is 61.5 cm³/mol. The smallest absolute Gasteiger partial charge is 0.332 e. The van der Waals surface area contributed by atoms with Crippen molar-refractivity contribution in [3.8, 4) is 0 Å². The molecule has 1 amide bonds. The number of carboxylic acids is 1. The molecule has 18 heavy (non-hydrogen) atoms. The third-order valence-electron chi connectivity index (χ3n) is 3.11. The highest BCUT2D eigenvalue weighted by molar-refractivity contribution is 6.02. The molecule has 1 fully saturated rings. The van der Waals surface area contributed by atoms with E-state index in [4.69, 9.17) is 10.8 Å². The third-order valence-corrected chi connectivity index (χ3v) is 3.11. The van der Waals surface area contributed by atoms with Crippen LogP contribution in [0.2, 0.25) is 0 Å². The van der Waals surface area contributed by atoms with E-state index in [9.17, 15) is 14.4 Å². The van der Waals surface area contributed by atoms with E-state index in [0.717, 1.165) is 0 Å². The summed E-state index contributed by atoms with van der Waals surface area (Å²) in [4.78, 5) is 35.5. The molecule has 2 unspecified atom stereocenters. The first-order chi connectivity index (χ1) is 8.31. The molecule has 102 valence electrons. The summed E-state index contributed by atoms with van der Waals surface area (Å²) in [6, 6.07) is -1.37. The van der Waals surface area contributed by atoms with Gasteiger partial charge in [-0.25, -0.2) is 4.79 Å². The van der Waals surface area contributed by atoms with E-state index in [1.165, 1.54) is 4.90 Å². The van der Waals surface area contributed by atoms with Gasteiger partial charge in [0, 0.05) is 13.1 Å². The Bertz CT molecular complexity index is 370. The highest BCUT2D eigenvalue weighted by Crippen LogP contribution is 2.30. The zero-order valence-corrected chi connectivity index (χ0v) is 10.5. The van der Waals surface area contributed by atoms with Gasteiger partial charge in [0.25, 0.3) is 5.91 Å². The summed E-state index contributed by atoms with van der Waals surface area (Å²) < 4.78 is 4.66. The van der Waals surface area contributed by atoms with Crippen LogP contribution in [-0.2, 0) is 19.1 Å². The monoisotopic (exact) mass is 258 g/mol. The highest BCUT2D eigenvalue weighted by Gasteiger charge is 2.43. The summed E-state index contributed by atoms with van der Waals surface area (Å²) in [7, 11) is 0. The van der Waals surface area contributed by atoms with Crippen molar-refractivity contribution in [3.05, 3.63) is 0 Å². The van der Waals surface area contributed by atoms with Crippen LogP contribution in [0.25, 0.3) is 0 Å². The molecule has 0 radical (unpaired) electrons. The second kappa shape index (κ2) is 5.34. The molecule has 1 heterocycles. The van der Waals surface area contributed by atoms with Crippen LogP contribution in [0, 0.1) is 5.41 Å². The Hall–Kier alpha value is -1.63. The normalized spacial score (nSPS) is 24.7. The number of nitrogens with two attached hydrogens (primary N) is 1. The second-order valence-corrected chi connectivity index (χ2v) is 4.61. The van der Waals surface area contributed by atoms with Crippen molar-refractivity contribution in [1.29, 1.82) is 0 Å². The number of carbonyl (C=O) groups is 3. The molecule has 0 saturated carbocycles. The number of aliphatic carboxylic acids is 1. The van der Waals surface area contributed by atoms with E-state index in [2.05, 4.69) is 4.74 Å². The fourth-order valence-corrected chi connectivity index (χ4v) is 1.85. The molecular formula is C11H18N2O5. The van der Waals surface area contributed by atoms with Crippen molar-refractivity contribution in [2.24, 2.45) is 11.1 Å². The molecule has 0 aromatic carbocycles. The SMILES string of the molecule is CCOC(=O)C(N)C(=O)N1CCC(C)(C(=O)O)C1. The van der Waals surface area contributed by atoms with Crippen LogP contribution in [-0.4, -0.2) is 53.6 Å². The number of rotatable bonds is 4. The number of nitrogens with zero attached hydrogens (tertiary/aromatic N) is 1. The standard InChI is InChI=1S/C11H18N2O5/c1-3-18-9(15)7(12)8(14)13-5-4-11(2,6-13)10(16)17/h7H,3-6,12H2,1-2H3,(H,16,17). The summed E-state index contributed by atoms with van der Waals surface area (Å²) >= 11 is 0. The van der Waals surface area contributed by atoms with Gasteiger partial charge in [0.2, 0.25) is 0 Å². The average molecular weight is 258 g/mol. The van der Waals surface area contributed by atoms with E-state index in [1.807, 2.05) is 0 Å². The number of hydrogen-bond acceptors (Lipinski definition) is 5. The second-order valence-electron chi connectivity index (χ2n) is 4.61. The molecule has 7 heteroatoms. The first kappa shape index (κ1) is 14.4. The number of carbonyl (C=O) groups excluding carboxylic acids is 2. The van der Waals surface area contributed by atoms with Crippen molar-refractivity contribution < 1.29 is 24.2 Å². The van der Waals surface area contributed by atoms with Crippen molar-refractivity contribution in [2.75, 3.05) is 19.7 Å². The molecule has 0 aliphatic carbocycles. The zero-order valence-electron chi connectivity index (χ0n) is 10.5. The first-order valence-electron chi connectivity index (χ1n) is 5.76. The van der Waals surface area contributed by atoms with Gasteiger partial charge in [0.05, 0.1) is 12.0 Å². The fraction of sp³-hybridized carbons (Fsp3) is 0.727. The van der Waals surface area contributed by atoms with Crippen LogP contribution in [0.15, 0.2) is 0 Å². The number of ether oxygens (including phenoxy) is 1. The van der Waals surface area contributed by atoms with E-state index in [-0.39, 0.29) is 19.7 Å². The zero-order chi connectivity index (χ0) is 13.9. The molecule has 2 atom stereocenters. The lowest BCUT2D eigenvalue weighted by Crippen LogP contribution is -2.49. The topological polar surface area (TPSA) is 110 Å². The lowest BCUT2D eigenvalue weighted by atomic mass is 9.90. The van der Waals surface area contributed by atoms with Crippen molar-refractivity contribution in [2.45, 2.75) is 26.3 Å². The molecule has 0 aromatic rings. The first-order valence-corrected chi connectivity index (χ1v) is 5.76. The van der Waals surface area contributed by atoms with Crippen molar-refractivity contribution in [1.82, 2.24) is 4.90 Å². The molecule has 1 aliphatic rings. The van der Waals surface area contributed by atoms with E-state index in [0.29, 0.717) is 6.42 Å². The summed E-state index contributed by atoms with van der Waals surface area (Å²) in [5.41, 5.74) is 4.51. The third kappa shape index (κ3) is 2.79. The van der Waals surface area contributed by atoms with Gasteiger partial charge in [-0.3, -0.25) is 9.59 Å². The van der Waals surface area contributed by atoms with Gasteiger partial charge in [0.1, 0.15) is 0 Å². The molecule has 1 saturated heterocycles. The number of amides is 1. The van der Waals surface area contributed by atoms with Crippen LogP contribution in [0.1, 0.15) is 20.3 Å². The van der Waals surface area contributed by atoms with Gasteiger partial charge in [-0.1, -0.05) is 0 Å². The summed E-state index contributed by atoms with van der Waals surface area (Å²) in [5, 5.41) is 9.04. The van der Waals surface area contributed by atoms with Crippen LogP contribution in [0.5, 0.6) is 0 Å². The number of esters is 1. The minimum atomic E-state index is -1.37. The van der Waals surface area contributed by atoms with Crippen LogP contribution in [0.3, 0.4) is 0 Å². The Morgan fingerprint density at radius 1 is 1.50 bits per heavy atom. The number of hydrogen-bond donors (Lipinski definition) is 2. The molecule has 7 nitrogen and oxygen atoms in total. The van der Waals surface area contributed by atoms with Gasteiger partial charge >= 0.3 is 11.9 Å². The lowest BCUT2D eigenvalue weighted by Gasteiger charge is -2.22. The Labute approximate surface area is 105 Å². The summed E-state index contributed by atoms with van der Waals surface area (Å²) in [6.45, 7) is 3.68. The van der Waals surface area contributed by atoms with E-state index in [1.54, 1.807) is 13.8 Å². The average Bonchev–Trinajstić information content (AvgIpc) is 2.72. The van der Waals surface area contributed by atoms with Gasteiger partial charge in [-0.05, 0) is 20.3 Å². The predicted octanol–water partition coefficient (Wildman–Crippen LogP) is -0.800. The molecule has 0 bridgehead atoms. The Kier molecular flexibility index (Phi) is 4.28. The lowest BCUT2D eigenvalue weighted by molar-refractivity contribution is -0.151. The fourth-order valence-electron chi connectivity index (χ4n) is 1.85. The molecule has 3 N–H and O–H groups in total. The van der Waals surface area contributed by atoms with Crippen molar-refractivity contribution in [3.63, 3.8) is 0 Å². The quantitative estimate of drug-likeness (QED) is 0.504. The van der Waals surface area contributed by atoms with Gasteiger partial charge in [-0.2, -0.15) is 0 Å². The number of likely N-dealkylation sites (tertiary alicyclic amines) is 1. The molecule has 0 spiro atoms. The number of carboxylic acid groups (broad SMARTS) is 1. The Balaban J connectivity index is 2.65. The molecular weight excluding hydrogens is 240 g/mol. The van der Waals surface area contributed by atoms with Gasteiger partial charge in [0.15, 0.2) is 6.04 Å². The van der Waals surface area contributed by atoms with Crippen molar-refractivity contribution >= 4 is 17.8 Å². The minimum Gasteiger partial charge on any atom is -0.481 e.